The maximum Gasteiger partial charge on any atom is 0.227 e. The van der Waals surface area contributed by atoms with Crippen LogP contribution in [0.25, 0.3) is 0 Å². The van der Waals surface area contributed by atoms with Crippen molar-refractivity contribution in [3.8, 4) is 0 Å². The zero-order chi connectivity index (χ0) is 19.9. The Labute approximate surface area is 165 Å². The number of anilines is 1. The molecule has 3 rings (SSSR count). The number of carbonyl (C=O) groups is 1. The first-order valence-electron chi connectivity index (χ1n) is 9.64. The van der Waals surface area contributed by atoms with E-state index in [4.69, 9.17) is 0 Å². The van der Waals surface area contributed by atoms with Gasteiger partial charge < -0.3 is 16.0 Å². The van der Waals surface area contributed by atoms with Crippen LogP contribution in [-0.2, 0) is 17.9 Å². The van der Waals surface area contributed by atoms with Crippen molar-refractivity contribution >= 4 is 17.6 Å². The Morgan fingerprint density at radius 3 is 2.43 bits per heavy atom. The lowest BCUT2D eigenvalue weighted by molar-refractivity contribution is -0.122. The number of guanidine groups is 1. The zero-order valence-electron chi connectivity index (χ0n) is 16.4. The lowest BCUT2D eigenvalue weighted by Crippen LogP contribution is -2.36. The number of aryl methyl sites for hydroxylation is 1. The molecule has 0 spiro atoms. The van der Waals surface area contributed by atoms with E-state index in [1.165, 1.54) is 6.07 Å². The van der Waals surface area contributed by atoms with Crippen LogP contribution in [0.5, 0.6) is 0 Å². The molecule has 0 bridgehead atoms. The van der Waals surface area contributed by atoms with Crippen LogP contribution >= 0.6 is 0 Å². The lowest BCUT2D eigenvalue weighted by Gasteiger charge is -2.24. The highest BCUT2D eigenvalue weighted by molar-refractivity contribution is 5.93. The summed E-state index contributed by atoms with van der Waals surface area (Å²) >= 11 is 0. The smallest absolute Gasteiger partial charge is 0.227 e. The van der Waals surface area contributed by atoms with Gasteiger partial charge in [0.15, 0.2) is 5.96 Å². The molecule has 6 heteroatoms. The standard InChI is InChI=1S/C22H27FN4O/c1-15-9-10-17(12-20(15)23)14-26-22(24-2)25-13-16-5-3-8-19(11-16)27-21(28)18-6-4-7-18/h3,5,8-12,18H,4,6-7,13-14H2,1-2H3,(H,27,28)(H2,24,25,26). The Morgan fingerprint density at radius 1 is 1.11 bits per heavy atom. The number of aliphatic imine (C=N–C) groups is 1. The normalized spacial score (nSPS) is 14.3. The summed E-state index contributed by atoms with van der Waals surface area (Å²) in [6, 6.07) is 13.0. The SMILES string of the molecule is CN=C(NCc1cccc(NC(=O)C2CCC2)c1)NCc1ccc(C)c(F)c1. The van der Waals surface area contributed by atoms with Gasteiger partial charge in [-0.2, -0.15) is 0 Å². The van der Waals surface area contributed by atoms with E-state index in [-0.39, 0.29) is 17.6 Å². The number of hydrogen-bond donors (Lipinski definition) is 3. The van der Waals surface area contributed by atoms with Crippen molar-refractivity contribution in [3.63, 3.8) is 0 Å². The summed E-state index contributed by atoms with van der Waals surface area (Å²) in [7, 11) is 1.69. The molecule has 1 aliphatic rings. The van der Waals surface area contributed by atoms with Gasteiger partial charge in [-0.15, -0.1) is 0 Å². The third kappa shape index (κ3) is 5.31. The molecule has 2 aromatic carbocycles. The summed E-state index contributed by atoms with van der Waals surface area (Å²) in [4.78, 5) is 16.3. The van der Waals surface area contributed by atoms with Gasteiger partial charge in [0.2, 0.25) is 5.91 Å². The van der Waals surface area contributed by atoms with Crippen LogP contribution in [0.15, 0.2) is 47.5 Å². The van der Waals surface area contributed by atoms with Crippen LogP contribution in [0.3, 0.4) is 0 Å². The Morgan fingerprint density at radius 2 is 1.82 bits per heavy atom. The molecule has 1 aliphatic carbocycles. The molecule has 0 atom stereocenters. The van der Waals surface area contributed by atoms with Gasteiger partial charge >= 0.3 is 0 Å². The quantitative estimate of drug-likeness (QED) is 0.527. The molecule has 3 N–H and O–H groups in total. The number of carbonyl (C=O) groups excluding carboxylic acids is 1. The second-order valence-corrected chi connectivity index (χ2v) is 7.18. The van der Waals surface area contributed by atoms with Crippen LogP contribution in [0.4, 0.5) is 10.1 Å². The van der Waals surface area contributed by atoms with Gasteiger partial charge in [0, 0.05) is 31.7 Å². The average molecular weight is 382 g/mol. The molecule has 0 radical (unpaired) electrons. The third-order valence-corrected chi connectivity index (χ3v) is 5.05. The molecule has 0 saturated heterocycles. The molecular weight excluding hydrogens is 355 g/mol. The predicted molar refractivity (Wildman–Crippen MR) is 111 cm³/mol. The Hall–Kier alpha value is -2.89. The number of benzene rings is 2. The highest BCUT2D eigenvalue weighted by Crippen LogP contribution is 2.27. The van der Waals surface area contributed by atoms with Crippen LogP contribution in [-0.4, -0.2) is 18.9 Å². The van der Waals surface area contributed by atoms with E-state index < -0.39 is 0 Å². The van der Waals surface area contributed by atoms with E-state index in [1.807, 2.05) is 30.3 Å². The summed E-state index contributed by atoms with van der Waals surface area (Å²) in [6.07, 6.45) is 3.11. The van der Waals surface area contributed by atoms with E-state index in [9.17, 15) is 9.18 Å². The van der Waals surface area contributed by atoms with Crippen molar-refractivity contribution in [2.24, 2.45) is 10.9 Å². The number of amides is 1. The minimum absolute atomic E-state index is 0.110. The highest BCUT2D eigenvalue weighted by atomic mass is 19.1. The van der Waals surface area contributed by atoms with Gasteiger partial charge in [0.25, 0.3) is 0 Å². The first-order chi connectivity index (χ1) is 13.5. The van der Waals surface area contributed by atoms with Gasteiger partial charge in [-0.1, -0.05) is 30.7 Å². The molecule has 1 fully saturated rings. The van der Waals surface area contributed by atoms with E-state index in [0.717, 1.165) is 36.1 Å². The fourth-order valence-corrected chi connectivity index (χ4v) is 3.01. The zero-order valence-corrected chi connectivity index (χ0v) is 16.4. The maximum atomic E-state index is 13.7. The molecule has 0 heterocycles. The van der Waals surface area contributed by atoms with E-state index in [2.05, 4.69) is 20.9 Å². The van der Waals surface area contributed by atoms with Crippen LogP contribution in [0.1, 0.15) is 36.0 Å². The van der Waals surface area contributed by atoms with Gasteiger partial charge in [-0.25, -0.2) is 4.39 Å². The fourth-order valence-electron chi connectivity index (χ4n) is 3.01. The molecule has 5 nitrogen and oxygen atoms in total. The van der Waals surface area contributed by atoms with Crippen molar-refractivity contribution in [3.05, 3.63) is 65.0 Å². The van der Waals surface area contributed by atoms with Gasteiger partial charge in [0.1, 0.15) is 5.82 Å². The van der Waals surface area contributed by atoms with Crippen molar-refractivity contribution in [2.75, 3.05) is 12.4 Å². The monoisotopic (exact) mass is 382 g/mol. The topological polar surface area (TPSA) is 65.5 Å². The van der Waals surface area contributed by atoms with Crippen LogP contribution in [0, 0.1) is 18.7 Å². The second kappa shape index (κ2) is 9.35. The molecule has 148 valence electrons. The first-order valence-corrected chi connectivity index (χ1v) is 9.64. The van der Waals surface area contributed by atoms with Gasteiger partial charge in [-0.05, 0) is 54.7 Å². The number of nitrogens with one attached hydrogen (secondary N) is 3. The number of hydrogen-bond acceptors (Lipinski definition) is 2. The van der Waals surface area contributed by atoms with E-state index in [1.54, 1.807) is 20.0 Å². The van der Waals surface area contributed by atoms with E-state index in [0.29, 0.717) is 24.6 Å². The molecule has 28 heavy (non-hydrogen) atoms. The number of halogens is 1. The molecule has 1 saturated carbocycles. The lowest BCUT2D eigenvalue weighted by atomic mass is 9.85. The second-order valence-electron chi connectivity index (χ2n) is 7.18. The minimum Gasteiger partial charge on any atom is -0.352 e. The molecule has 0 aliphatic heterocycles. The molecule has 0 unspecified atom stereocenters. The molecule has 0 aromatic heterocycles. The van der Waals surface area contributed by atoms with Crippen molar-refractivity contribution in [2.45, 2.75) is 39.3 Å². The van der Waals surface area contributed by atoms with Gasteiger partial charge in [-0.3, -0.25) is 9.79 Å². The minimum atomic E-state index is -0.206. The Balaban J connectivity index is 1.50. The van der Waals surface area contributed by atoms with Crippen molar-refractivity contribution in [1.82, 2.24) is 10.6 Å². The summed E-state index contributed by atoms with van der Waals surface area (Å²) in [5.41, 5.74) is 3.34. The Kier molecular flexibility index (Phi) is 6.63. The third-order valence-electron chi connectivity index (χ3n) is 5.05. The number of rotatable bonds is 6. The highest BCUT2D eigenvalue weighted by Gasteiger charge is 2.25. The molecular formula is C22H27FN4O. The summed E-state index contributed by atoms with van der Waals surface area (Å²) in [6.45, 7) is 2.79. The van der Waals surface area contributed by atoms with Crippen molar-refractivity contribution in [1.29, 1.82) is 0 Å². The predicted octanol–water partition coefficient (Wildman–Crippen LogP) is 3.74. The first kappa shape index (κ1) is 19.9. The summed E-state index contributed by atoms with van der Waals surface area (Å²) in [5.74, 6) is 0.698. The van der Waals surface area contributed by atoms with E-state index >= 15 is 0 Å². The summed E-state index contributed by atoms with van der Waals surface area (Å²) in [5, 5.41) is 9.42. The summed E-state index contributed by atoms with van der Waals surface area (Å²) < 4.78 is 13.7. The molecule has 2 aromatic rings. The number of nitrogens with zero attached hydrogens (tertiary/aromatic N) is 1. The largest absolute Gasteiger partial charge is 0.352 e. The van der Waals surface area contributed by atoms with Crippen molar-refractivity contribution < 1.29 is 9.18 Å². The Bertz CT molecular complexity index is 861. The van der Waals surface area contributed by atoms with Crippen LogP contribution in [0.2, 0.25) is 0 Å². The van der Waals surface area contributed by atoms with Crippen LogP contribution < -0.4 is 16.0 Å². The molecule has 1 amide bonds. The maximum absolute atomic E-state index is 13.7. The fraction of sp³-hybridized carbons (Fsp3) is 0.364. The average Bonchev–Trinajstić information content (AvgIpc) is 2.63. The van der Waals surface area contributed by atoms with Gasteiger partial charge in [0.05, 0.1) is 0 Å².